The number of aryl methyl sites for hydroxylation is 1. The van der Waals surface area contributed by atoms with Gasteiger partial charge in [-0.2, -0.15) is 0 Å². The van der Waals surface area contributed by atoms with E-state index >= 15 is 0 Å². The highest BCUT2D eigenvalue weighted by atomic mass is 32.2. The van der Waals surface area contributed by atoms with E-state index in [0.29, 0.717) is 23.3 Å². The highest BCUT2D eigenvalue weighted by molar-refractivity contribution is 7.80. The largest absolute Gasteiger partial charge is 0.480 e. The number of unbranched alkanes of at least 4 members (excludes halogenated alkanes) is 2. The lowest BCUT2D eigenvalue weighted by molar-refractivity contribution is -0.138. The number of carboxylic acids is 1. The van der Waals surface area contributed by atoms with Gasteiger partial charge in [0.2, 0.25) is 0 Å². The van der Waals surface area contributed by atoms with Gasteiger partial charge in [-0.05, 0) is 49.1 Å². The molecular formula is C25H25NO5S. The summed E-state index contributed by atoms with van der Waals surface area (Å²) in [5.41, 5.74) is 2.98. The zero-order chi connectivity index (χ0) is 22.5. The molecule has 166 valence electrons. The molecule has 7 heteroatoms. The average molecular weight is 452 g/mol. The van der Waals surface area contributed by atoms with Crippen LogP contribution >= 0.6 is 0 Å². The fourth-order valence-electron chi connectivity index (χ4n) is 4.06. The quantitative estimate of drug-likeness (QED) is 0.235. The Hall–Kier alpha value is -3.16. The Kier molecular flexibility index (Phi) is 6.87. The number of furan rings is 1. The molecule has 6 nitrogen and oxygen atoms in total. The number of anilines is 1. The highest BCUT2D eigenvalue weighted by Crippen LogP contribution is 2.33. The number of carboxylic acid groups (broad SMARTS) is 1. The molecule has 0 radical (unpaired) electrons. The molecule has 4 rings (SSSR count). The molecule has 0 amide bonds. The third-order valence-electron chi connectivity index (χ3n) is 5.64. The lowest BCUT2D eigenvalue weighted by Gasteiger charge is -2.27. The maximum atomic E-state index is 12.2. The summed E-state index contributed by atoms with van der Waals surface area (Å²) in [6, 6.07) is 21.6. The first-order chi connectivity index (χ1) is 15.5. The minimum atomic E-state index is -2.48. The van der Waals surface area contributed by atoms with Gasteiger partial charge in [0.1, 0.15) is 17.2 Å². The number of aliphatic carboxylic acids is 1. The van der Waals surface area contributed by atoms with Crippen molar-refractivity contribution in [3.05, 3.63) is 78.4 Å². The topological polar surface area (TPSA) is 91.0 Å². The van der Waals surface area contributed by atoms with Gasteiger partial charge in [-0.25, -0.2) is 9.00 Å². The Morgan fingerprint density at radius 2 is 1.62 bits per heavy atom. The van der Waals surface area contributed by atoms with Crippen LogP contribution in [0.5, 0.6) is 0 Å². The fraction of sp³-hybridized carbons (Fsp3) is 0.240. The molecular weight excluding hydrogens is 426 g/mol. The molecule has 2 N–H and O–H groups in total. The van der Waals surface area contributed by atoms with Crippen LogP contribution in [0, 0.1) is 0 Å². The van der Waals surface area contributed by atoms with Crippen LogP contribution in [0.25, 0.3) is 21.9 Å². The molecule has 0 aliphatic rings. The normalized spacial score (nSPS) is 13.3. The number of hydrogen-bond acceptors (Lipinski definition) is 3. The molecule has 0 bridgehead atoms. The van der Waals surface area contributed by atoms with E-state index in [9.17, 15) is 18.7 Å². The lowest BCUT2D eigenvalue weighted by Crippen LogP contribution is -2.42. The molecule has 2 unspecified atom stereocenters. The summed E-state index contributed by atoms with van der Waals surface area (Å²) >= 11 is -2.48. The first-order valence-corrected chi connectivity index (χ1v) is 11.7. The third-order valence-corrected chi connectivity index (χ3v) is 6.44. The molecule has 0 saturated heterocycles. The molecule has 0 fully saturated rings. The minimum absolute atomic E-state index is 0.278. The van der Waals surface area contributed by atoms with Crippen molar-refractivity contribution in [3.8, 4) is 0 Å². The number of fused-ring (bicyclic) bond motifs is 3. The summed E-state index contributed by atoms with van der Waals surface area (Å²) in [6.45, 7) is 0. The lowest BCUT2D eigenvalue weighted by atomic mass is 10.0. The molecule has 32 heavy (non-hydrogen) atoms. The summed E-state index contributed by atoms with van der Waals surface area (Å²) in [6.07, 6.45) is 3.63. The number of hydrogen-bond donors (Lipinski definition) is 2. The second kappa shape index (κ2) is 9.97. The Bertz CT molecular complexity index is 1240. The van der Waals surface area contributed by atoms with E-state index in [2.05, 4.69) is 12.1 Å². The van der Waals surface area contributed by atoms with Crippen molar-refractivity contribution in [2.75, 3.05) is 4.31 Å². The molecule has 0 saturated carbocycles. The van der Waals surface area contributed by atoms with Crippen molar-refractivity contribution in [1.82, 2.24) is 0 Å². The van der Waals surface area contributed by atoms with Crippen molar-refractivity contribution in [2.45, 2.75) is 38.1 Å². The van der Waals surface area contributed by atoms with Crippen LogP contribution in [0.15, 0.2) is 77.2 Å². The Morgan fingerprint density at radius 1 is 0.906 bits per heavy atom. The Morgan fingerprint density at radius 3 is 2.38 bits per heavy atom. The summed E-state index contributed by atoms with van der Waals surface area (Å²) in [4.78, 5) is 12.0. The first-order valence-electron chi connectivity index (χ1n) is 10.6. The average Bonchev–Trinajstić information content (AvgIpc) is 3.16. The van der Waals surface area contributed by atoms with Gasteiger partial charge < -0.3 is 9.52 Å². The molecule has 3 aromatic carbocycles. The summed E-state index contributed by atoms with van der Waals surface area (Å²) in [7, 11) is 0. The fourth-order valence-corrected chi connectivity index (χ4v) is 4.77. The Labute approximate surface area is 188 Å². The van der Waals surface area contributed by atoms with Gasteiger partial charge in [-0.15, -0.1) is 0 Å². The Balaban J connectivity index is 1.50. The number of carbonyl (C=O) groups is 1. The van der Waals surface area contributed by atoms with Crippen molar-refractivity contribution < 1.29 is 23.1 Å². The van der Waals surface area contributed by atoms with Crippen molar-refractivity contribution >= 4 is 44.9 Å². The number of benzene rings is 3. The van der Waals surface area contributed by atoms with Gasteiger partial charge >= 0.3 is 5.97 Å². The monoisotopic (exact) mass is 451 g/mol. The maximum absolute atomic E-state index is 12.2. The predicted octanol–water partition coefficient (Wildman–Crippen LogP) is 5.79. The van der Waals surface area contributed by atoms with Crippen LogP contribution in [0.1, 0.15) is 31.2 Å². The van der Waals surface area contributed by atoms with E-state index in [4.69, 9.17) is 4.42 Å². The maximum Gasteiger partial charge on any atom is 0.327 e. The third kappa shape index (κ3) is 4.84. The standard InChI is InChI=1S/C25H25NO5S/c27-25(28)22(13-6-2-5-11-18-9-3-1-4-10-18)26(32(29)30)19-15-16-24-21(17-19)20-12-7-8-14-23(20)31-24/h1,3-4,7-10,12,14-17,22H,2,5-6,11,13H2,(H,27,28)(H,29,30). The second-order valence-electron chi connectivity index (χ2n) is 7.77. The van der Waals surface area contributed by atoms with Gasteiger partial charge in [-0.1, -0.05) is 61.4 Å². The number of para-hydroxylation sites is 1. The van der Waals surface area contributed by atoms with Gasteiger partial charge in [0.25, 0.3) is 11.3 Å². The second-order valence-corrected chi connectivity index (χ2v) is 8.63. The van der Waals surface area contributed by atoms with E-state index in [1.165, 1.54) is 5.56 Å². The number of rotatable bonds is 10. The van der Waals surface area contributed by atoms with E-state index in [1.807, 2.05) is 42.5 Å². The molecule has 0 aliphatic heterocycles. The van der Waals surface area contributed by atoms with Gasteiger partial charge in [0.15, 0.2) is 0 Å². The zero-order valence-electron chi connectivity index (χ0n) is 17.5. The summed E-state index contributed by atoms with van der Waals surface area (Å²) in [5, 5.41) is 11.5. The molecule has 1 aromatic heterocycles. The predicted molar refractivity (Wildman–Crippen MR) is 127 cm³/mol. The zero-order valence-corrected chi connectivity index (χ0v) is 18.3. The van der Waals surface area contributed by atoms with E-state index in [0.717, 1.165) is 34.3 Å². The van der Waals surface area contributed by atoms with E-state index in [1.54, 1.807) is 18.2 Å². The minimum Gasteiger partial charge on any atom is -0.480 e. The van der Waals surface area contributed by atoms with Crippen molar-refractivity contribution in [2.24, 2.45) is 0 Å². The van der Waals surface area contributed by atoms with E-state index in [-0.39, 0.29) is 6.42 Å². The molecule has 1 heterocycles. The van der Waals surface area contributed by atoms with Crippen LogP contribution in [-0.2, 0) is 22.5 Å². The van der Waals surface area contributed by atoms with Crippen LogP contribution in [-0.4, -0.2) is 25.9 Å². The summed E-state index contributed by atoms with van der Waals surface area (Å²) in [5.74, 6) is -1.12. The number of nitrogens with zero attached hydrogens (tertiary/aromatic N) is 1. The molecule has 4 aromatic rings. The SMILES string of the molecule is O=C(O)C(CCCCCc1ccccc1)N(c1ccc2oc3ccccc3c2c1)S(=O)O. The van der Waals surface area contributed by atoms with Crippen molar-refractivity contribution in [1.29, 1.82) is 0 Å². The highest BCUT2D eigenvalue weighted by Gasteiger charge is 2.30. The van der Waals surface area contributed by atoms with Crippen molar-refractivity contribution in [3.63, 3.8) is 0 Å². The van der Waals surface area contributed by atoms with Crippen LogP contribution in [0.3, 0.4) is 0 Å². The van der Waals surface area contributed by atoms with E-state index < -0.39 is 23.3 Å². The van der Waals surface area contributed by atoms with Crippen LogP contribution < -0.4 is 4.31 Å². The summed E-state index contributed by atoms with van der Waals surface area (Å²) < 4.78 is 29.1. The van der Waals surface area contributed by atoms with Gasteiger partial charge in [0, 0.05) is 10.8 Å². The first kappa shape index (κ1) is 22.0. The smallest absolute Gasteiger partial charge is 0.327 e. The molecule has 2 atom stereocenters. The van der Waals surface area contributed by atoms with Crippen LogP contribution in [0.2, 0.25) is 0 Å². The van der Waals surface area contributed by atoms with Gasteiger partial charge in [0.05, 0.1) is 5.69 Å². The van der Waals surface area contributed by atoms with Crippen LogP contribution in [0.4, 0.5) is 5.69 Å². The molecule has 0 spiro atoms. The molecule has 0 aliphatic carbocycles. The van der Waals surface area contributed by atoms with Gasteiger partial charge in [-0.3, -0.25) is 8.86 Å².